The Morgan fingerprint density at radius 3 is 2.34 bits per heavy atom. The molecule has 1 fully saturated rings. The summed E-state index contributed by atoms with van der Waals surface area (Å²) in [7, 11) is -0.375. The van der Waals surface area contributed by atoms with Gasteiger partial charge in [0.2, 0.25) is 10.0 Å². The van der Waals surface area contributed by atoms with E-state index in [0.29, 0.717) is 26.2 Å². The van der Waals surface area contributed by atoms with Gasteiger partial charge in [-0.15, -0.1) is 0 Å². The third kappa shape index (κ3) is 4.77. The van der Waals surface area contributed by atoms with Crippen LogP contribution in [-0.2, 0) is 10.0 Å². The van der Waals surface area contributed by atoms with E-state index < -0.39 is 10.0 Å². The van der Waals surface area contributed by atoms with E-state index in [4.69, 9.17) is 4.74 Å². The number of rotatable bonds is 6. The van der Waals surface area contributed by atoms with Crippen LogP contribution in [0.15, 0.2) is 53.4 Å². The number of nitrogens with zero attached hydrogens (tertiary/aromatic N) is 2. The quantitative estimate of drug-likeness (QED) is 0.779. The maximum Gasteiger partial charge on any atom is 0.251 e. The van der Waals surface area contributed by atoms with E-state index in [1.54, 1.807) is 6.07 Å². The van der Waals surface area contributed by atoms with E-state index in [9.17, 15) is 13.2 Å². The molecule has 0 spiro atoms. The molecule has 1 amide bonds. The van der Waals surface area contributed by atoms with Crippen LogP contribution in [-0.4, -0.2) is 63.9 Å². The highest BCUT2D eigenvalue weighted by atomic mass is 32.2. The molecule has 0 aliphatic carbocycles. The van der Waals surface area contributed by atoms with E-state index in [1.807, 2.05) is 44.3 Å². The van der Waals surface area contributed by atoms with E-state index >= 15 is 0 Å². The molecular formula is C21H27N3O4S. The van der Waals surface area contributed by atoms with Crippen molar-refractivity contribution in [2.24, 2.45) is 0 Å². The summed E-state index contributed by atoms with van der Waals surface area (Å²) in [5.74, 6) is -0.101. The molecule has 1 saturated heterocycles. The lowest BCUT2D eigenvalue weighted by Gasteiger charge is -2.31. The van der Waals surface area contributed by atoms with Gasteiger partial charge in [-0.2, -0.15) is 4.31 Å². The number of likely N-dealkylation sites (N-methyl/N-ethyl adjacent to an activating group) is 1. The number of hydrogen-bond donors (Lipinski definition) is 1. The molecule has 0 saturated carbocycles. The predicted octanol–water partition coefficient (Wildman–Crippen LogP) is 2.12. The Morgan fingerprint density at radius 2 is 1.72 bits per heavy atom. The highest BCUT2D eigenvalue weighted by Crippen LogP contribution is 2.28. The van der Waals surface area contributed by atoms with E-state index in [1.165, 1.54) is 23.5 Å². The molecule has 1 N–H and O–H groups in total. The van der Waals surface area contributed by atoms with Crippen molar-refractivity contribution in [3.8, 4) is 5.75 Å². The molecule has 1 atom stereocenters. The summed E-state index contributed by atoms with van der Waals surface area (Å²) in [6.07, 6.45) is 0. The summed E-state index contributed by atoms with van der Waals surface area (Å²) in [5.41, 5.74) is 1.25. The van der Waals surface area contributed by atoms with Crippen molar-refractivity contribution in [3.63, 3.8) is 0 Å². The van der Waals surface area contributed by atoms with Crippen LogP contribution in [0.3, 0.4) is 0 Å². The van der Waals surface area contributed by atoms with Gasteiger partial charge in [-0.25, -0.2) is 8.42 Å². The Labute approximate surface area is 172 Å². The normalized spacial score (nSPS) is 16.9. The second-order valence-electron chi connectivity index (χ2n) is 7.18. The number of sulfonamides is 1. The van der Waals surface area contributed by atoms with E-state index in [2.05, 4.69) is 10.2 Å². The van der Waals surface area contributed by atoms with E-state index in [0.717, 1.165) is 5.56 Å². The average Bonchev–Trinajstić information content (AvgIpc) is 2.74. The zero-order chi connectivity index (χ0) is 21.0. The van der Waals surface area contributed by atoms with Gasteiger partial charge in [-0.1, -0.05) is 30.3 Å². The molecular weight excluding hydrogens is 390 g/mol. The first-order chi connectivity index (χ1) is 13.8. The van der Waals surface area contributed by atoms with Gasteiger partial charge in [0.05, 0.1) is 13.2 Å². The number of carbonyl (C=O) groups excluding carboxylic acids is 1. The lowest BCUT2D eigenvalue weighted by Crippen LogP contribution is -2.47. The molecule has 2 aromatic rings. The fraction of sp³-hybridized carbons (Fsp3) is 0.381. The van der Waals surface area contributed by atoms with Gasteiger partial charge in [0.1, 0.15) is 10.6 Å². The highest BCUT2D eigenvalue weighted by molar-refractivity contribution is 7.89. The zero-order valence-corrected chi connectivity index (χ0v) is 17.8. The van der Waals surface area contributed by atoms with Crippen LogP contribution in [0.4, 0.5) is 0 Å². The second-order valence-corrected chi connectivity index (χ2v) is 9.09. The fourth-order valence-corrected chi connectivity index (χ4v) is 4.90. The highest BCUT2D eigenvalue weighted by Gasteiger charge is 2.31. The molecule has 2 aromatic carbocycles. The van der Waals surface area contributed by atoms with Gasteiger partial charge in [0.25, 0.3) is 5.91 Å². The first kappa shape index (κ1) is 21.3. The van der Waals surface area contributed by atoms with E-state index in [-0.39, 0.29) is 28.2 Å². The number of carbonyl (C=O) groups is 1. The molecule has 1 aliphatic heterocycles. The van der Waals surface area contributed by atoms with Crippen LogP contribution in [0, 0.1) is 0 Å². The summed E-state index contributed by atoms with van der Waals surface area (Å²) in [4.78, 5) is 14.9. The first-order valence-electron chi connectivity index (χ1n) is 9.55. The molecule has 0 radical (unpaired) electrons. The number of ether oxygens (including phenoxy) is 1. The minimum Gasteiger partial charge on any atom is -0.495 e. The number of benzene rings is 2. The van der Waals surface area contributed by atoms with Crippen LogP contribution < -0.4 is 10.1 Å². The predicted molar refractivity (Wildman–Crippen MR) is 112 cm³/mol. The monoisotopic (exact) mass is 417 g/mol. The lowest BCUT2D eigenvalue weighted by molar-refractivity contribution is 0.0939. The van der Waals surface area contributed by atoms with Crippen molar-refractivity contribution in [2.75, 3.05) is 40.3 Å². The van der Waals surface area contributed by atoms with Crippen molar-refractivity contribution in [1.82, 2.24) is 14.5 Å². The number of methoxy groups -OCH3 is 1. The van der Waals surface area contributed by atoms with Crippen molar-refractivity contribution in [1.29, 1.82) is 0 Å². The molecule has 7 nitrogen and oxygen atoms in total. The largest absolute Gasteiger partial charge is 0.495 e. The number of amides is 1. The molecule has 1 heterocycles. The van der Waals surface area contributed by atoms with Crippen LogP contribution in [0.25, 0.3) is 0 Å². The number of piperazine rings is 1. The van der Waals surface area contributed by atoms with Crippen molar-refractivity contribution >= 4 is 15.9 Å². The Balaban J connectivity index is 1.85. The van der Waals surface area contributed by atoms with Crippen molar-refractivity contribution in [2.45, 2.75) is 17.9 Å². The third-order valence-corrected chi connectivity index (χ3v) is 7.07. The number of nitrogens with one attached hydrogen (secondary N) is 1. The Hall–Kier alpha value is -2.42. The minimum atomic E-state index is -3.76. The maximum absolute atomic E-state index is 13.2. The van der Waals surface area contributed by atoms with Gasteiger partial charge in [-0.05, 0) is 37.7 Å². The molecule has 1 aliphatic rings. The topological polar surface area (TPSA) is 78.9 Å². The molecule has 0 bridgehead atoms. The average molecular weight is 418 g/mol. The first-order valence-corrected chi connectivity index (χ1v) is 11.0. The summed E-state index contributed by atoms with van der Waals surface area (Å²) in [6, 6.07) is 13.9. The lowest BCUT2D eigenvalue weighted by atomic mass is 10.1. The van der Waals surface area contributed by atoms with Crippen LogP contribution in [0.5, 0.6) is 5.75 Å². The Kier molecular flexibility index (Phi) is 6.56. The van der Waals surface area contributed by atoms with Gasteiger partial charge in [-0.3, -0.25) is 4.79 Å². The van der Waals surface area contributed by atoms with Gasteiger partial charge >= 0.3 is 0 Å². The molecule has 156 valence electrons. The Morgan fingerprint density at radius 1 is 1.07 bits per heavy atom. The Bertz CT molecular complexity index is 955. The van der Waals surface area contributed by atoms with Crippen LogP contribution in [0.2, 0.25) is 0 Å². The van der Waals surface area contributed by atoms with Gasteiger partial charge in [0.15, 0.2) is 0 Å². The third-order valence-electron chi connectivity index (χ3n) is 5.15. The zero-order valence-electron chi connectivity index (χ0n) is 17.0. The number of hydrogen-bond acceptors (Lipinski definition) is 5. The minimum absolute atomic E-state index is 0.0181. The molecule has 0 unspecified atom stereocenters. The standard InChI is InChI=1S/C21H27N3O4S/c1-16(17-7-5-4-6-8-17)22-21(25)18-9-10-19(28-3)20(15-18)29(26,27)24-13-11-23(2)12-14-24/h4-10,15-16H,11-14H2,1-3H3,(H,22,25)/t16-/m0/s1. The molecule has 0 aromatic heterocycles. The molecule has 8 heteroatoms. The smallest absolute Gasteiger partial charge is 0.251 e. The maximum atomic E-state index is 13.2. The SMILES string of the molecule is COc1ccc(C(=O)N[C@@H](C)c2ccccc2)cc1S(=O)(=O)N1CCN(C)CC1. The molecule has 3 rings (SSSR count). The van der Waals surface area contributed by atoms with Crippen LogP contribution in [0.1, 0.15) is 28.9 Å². The summed E-state index contributed by atoms with van der Waals surface area (Å²) >= 11 is 0. The van der Waals surface area contributed by atoms with Gasteiger partial charge < -0.3 is 15.0 Å². The molecule has 29 heavy (non-hydrogen) atoms. The summed E-state index contributed by atoms with van der Waals surface area (Å²) in [6.45, 7) is 4.03. The second kappa shape index (κ2) is 8.94. The summed E-state index contributed by atoms with van der Waals surface area (Å²) in [5, 5.41) is 2.92. The summed E-state index contributed by atoms with van der Waals surface area (Å²) < 4.78 is 33.1. The van der Waals surface area contributed by atoms with Crippen LogP contribution >= 0.6 is 0 Å². The van der Waals surface area contributed by atoms with Gasteiger partial charge in [0, 0.05) is 31.7 Å². The van der Waals surface area contributed by atoms with Crippen molar-refractivity contribution < 1.29 is 17.9 Å². The fourth-order valence-electron chi connectivity index (χ4n) is 3.29. The van der Waals surface area contributed by atoms with Crippen molar-refractivity contribution in [3.05, 3.63) is 59.7 Å².